The number of rotatable bonds is 5. The quantitative estimate of drug-likeness (QED) is 0.538. The lowest BCUT2D eigenvalue weighted by Crippen LogP contribution is -2.16. The number of pyridine rings is 2. The molecule has 0 amide bonds. The molecule has 0 radical (unpaired) electrons. The molecule has 28 heavy (non-hydrogen) atoms. The maximum absolute atomic E-state index is 12.3. The summed E-state index contributed by atoms with van der Waals surface area (Å²) in [6, 6.07) is 13.3. The van der Waals surface area contributed by atoms with Gasteiger partial charge in [0.05, 0.1) is 11.4 Å². The van der Waals surface area contributed by atoms with Crippen molar-refractivity contribution >= 4 is 28.3 Å². The summed E-state index contributed by atoms with van der Waals surface area (Å²) in [7, 11) is 1.92. The summed E-state index contributed by atoms with van der Waals surface area (Å²) in [6.45, 7) is 2.56. The topological polar surface area (TPSA) is 75.6 Å². The van der Waals surface area contributed by atoms with Gasteiger partial charge in [0.1, 0.15) is 5.82 Å². The first-order valence-corrected chi connectivity index (χ1v) is 9.40. The Kier molecular flexibility index (Phi) is 4.88. The molecule has 0 aliphatic carbocycles. The van der Waals surface area contributed by atoms with Gasteiger partial charge in [-0.25, -0.2) is 4.98 Å². The van der Waals surface area contributed by atoms with Crippen LogP contribution in [0.5, 0.6) is 0 Å². The number of fused-ring (bicyclic) bond motifs is 1. The number of halogens is 1. The summed E-state index contributed by atoms with van der Waals surface area (Å²) < 4.78 is 1.86. The van der Waals surface area contributed by atoms with E-state index in [2.05, 4.69) is 20.4 Å². The molecule has 0 bridgehead atoms. The number of hydrogen-bond donors (Lipinski definition) is 2. The molecule has 0 aliphatic heterocycles. The number of anilines is 1. The molecule has 0 spiro atoms. The van der Waals surface area contributed by atoms with E-state index in [1.807, 2.05) is 55.1 Å². The van der Waals surface area contributed by atoms with E-state index in [1.165, 1.54) is 0 Å². The molecular weight excluding hydrogens is 374 g/mol. The van der Waals surface area contributed by atoms with E-state index in [0.717, 1.165) is 33.7 Å². The Morgan fingerprint density at radius 2 is 2.04 bits per heavy atom. The molecule has 0 atom stereocenters. The second kappa shape index (κ2) is 7.48. The van der Waals surface area contributed by atoms with Gasteiger partial charge in [-0.3, -0.25) is 9.48 Å². The standard InChI is InChI=1S/C21H20ClN5O/c1-13-9-19(27(2)26-13)14-5-7-23-20(12-14)24-8-6-15-10-16-11-17(22)3-4-18(16)25-21(15)28/h3-5,7,9-12H,6,8H2,1-2H3,(H,23,24)(H,25,28). The molecule has 7 heteroatoms. The molecule has 6 nitrogen and oxygen atoms in total. The Labute approximate surface area is 167 Å². The van der Waals surface area contributed by atoms with Crippen LogP contribution < -0.4 is 10.9 Å². The van der Waals surface area contributed by atoms with Crippen LogP contribution in [-0.2, 0) is 13.5 Å². The van der Waals surface area contributed by atoms with E-state index < -0.39 is 0 Å². The van der Waals surface area contributed by atoms with Gasteiger partial charge in [0.15, 0.2) is 0 Å². The fourth-order valence-electron chi connectivity index (χ4n) is 3.30. The molecule has 3 heterocycles. The average molecular weight is 394 g/mol. The zero-order chi connectivity index (χ0) is 19.7. The van der Waals surface area contributed by atoms with Crippen LogP contribution in [0.25, 0.3) is 22.2 Å². The molecule has 2 N–H and O–H groups in total. The van der Waals surface area contributed by atoms with E-state index >= 15 is 0 Å². The number of hydrogen-bond acceptors (Lipinski definition) is 4. The van der Waals surface area contributed by atoms with Crippen LogP contribution >= 0.6 is 11.6 Å². The number of benzene rings is 1. The third-order valence-corrected chi connectivity index (χ3v) is 4.88. The second-order valence-corrected chi connectivity index (χ2v) is 7.19. The Morgan fingerprint density at radius 1 is 1.18 bits per heavy atom. The van der Waals surface area contributed by atoms with Crippen molar-refractivity contribution in [1.29, 1.82) is 0 Å². The second-order valence-electron chi connectivity index (χ2n) is 6.76. The summed E-state index contributed by atoms with van der Waals surface area (Å²) in [5.74, 6) is 0.761. The van der Waals surface area contributed by atoms with Gasteiger partial charge in [0, 0.05) is 41.5 Å². The number of H-pyrrole nitrogens is 1. The highest BCUT2D eigenvalue weighted by atomic mass is 35.5. The van der Waals surface area contributed by atoms with Gasteiger partial charge >= 0.3 is 0 Å². The van der Waals surface area contributed by atoms with Crippen LogP contribution in [0.1, 0.15) is 11.3 Å². The van der Waals surface area contributed by atoms with Crippen molar-refractivity contribution < 1.29 is 0 Å². The first-order valence-electron chi connectivity index (χ1n) is 9.02. The van der Waals surface area contributed by atoms with Crippen molar-refractivity contribution in [1.82, 2.24) is 19.7 Å². The minimum absolute atomic E-state index is 0.0799. The fourth-order valence-corrected chi connectivity index (χ4v) is 3.48. The van der Waals surface area contributed by atoms with Crippen LogP contribution in [0.15, 0.2) is 53.5 Å². The Bertz CT molecular complexity index is 1210. The zero-order valence-electron chi connectivity index (χ0n) is 15.7. The Hall–Kier alpha value is -3.12. The molecule has 142 valence electrons. The fraction of sp³-hybridized carbons (Fsp3) is 0.190. The van der Waals surface area contributed by atoms with Gasteiger partial charge in [0.25, 0.3) is 5.56 Å². The highest BCUT2D eigenvalue weighted by Crippen LogP contribution is 2.22. The molecule has 0 aliphatic rings. The molecular formula is C21H20ClN5O. The van der Waals surface area contributed by atoms with Gasteiger partial charge in [-0.1, -0.05) is 11.6 Å². The van der Waals surface area contributed by atoms with Crippen LogP contribution in [0.3, 0.4) is 0 Å². The minimum atomic E-state index is -0.0799. The van der Waals surface area contributed by atoms with Crippen molar-refractivity contribution in [3.05, 3.63) is 75.3 Å². The maximum Gasteiger partial charge on any atom is 0.251 e. The predicted octanol–water partition coefficient (Wildman–Crippen LogP) is 3.94. The zero-order valence-corrected chi connectivity index (χ0v) is 16.4. The Balaban J connectivity index is 1.49. The monoisotopic (exact) mass is 393 g/mol. The highest BCUT2D eigenvalue weighted by Gasteiger charge is 2.07. The lowest BCUT2D eigenvalue weighted by atomic mass is 10.1. The number of aromatic amines is 1. The van der Waals surface area contributed by atoms with E-state index in [9.17, 15) is 4.79 Å². The van der Waals surface area contributed by atoms with E-state index in [1.54, 1.807) is 12.3 Å². The molecule has 0 saturated carbocycles. The molecule has 4 rings (SSSR count). The average Bonchev–Trinajstić information content (AvgIpc) is 3.01. The van der Waals surface area contributed by atoms with Crippen molar-refractivity contribution in [2.75, 3.05) is 11.9 Å². The number of aryl methyl sites for hydroxylation is 2. The van der Waals surface area contributed by atoms with Crippen LogP contribution in [0.2, 0.25) is 5.02 Å². The normalized spacial score (nSPS) is 11.1. The lowest BCUT2D eigenvalue weighted by molar-refractivity contribution is 0.764. The van der Waals surface area contributed by atoms with Gasteiger partial charge in [-0.2, -0.15) is 5.10 Å². The molecule has 1 aromatic carbocycles. The summed E-state index contributed by atoms with van der Waals surface area (Å²) in [6.07, 6.45) is 2.35. The van der Waals surface area contributed by atoms with Gasteiger partial charge in [-0.15, -0.1) is 0 Å². The number of aromatic nitrogens is 4. The molecule has 4 aromatic rings. The maximum atomic E-state index is 12.3. The lowest BCUT2D eigenvalue weighted by Gasteiger charge is -2.08. The molecule has 0 saturated heterocycles. The number of nitrogens with zero attached hydrogens (tertiary/aromatic N) is 3. The smallest absolute Gasteiger partial charge is 0.251 e. The van der Waals surface area contributed by atoms with Crippen LogP contribution in [0.4, 0.5) is 5.82 Å². The third kappa shape index (κ3) is 3.77. The predicted molar refractivity (Wildman–Crippen MR) is 113 cm³/mol. The summed E-state index contributed by atoms with van der Waals surface area (Å²) in [4.78, 5) is 19.6. The molecule has 3 aromatic heterocycles. The first kappa shape index (κ1) is 18.3. The van der Waals surface area contributed by atoms with Crippen molar-refractivity contribution in [3.63, 3.8) is 0 Å². The van der Waals surface area contributed by atoms with E-state index in [0.29, 0.717) is 23.6 Å². The molecule has 0 unspecified atom stereocenters. The van der Waals surface area contributed by atoms with Crippen molar-refractivity contribution in [2.24, 2.45) is 7.05 Å². The van der Waals surface area contributed by atoms with E-state index in [-0.39, 0.29) is 5.56 Å². The SMILES string of the molecule is Cc1cc(-c2ccnc(NCCc3cc4cc(Cl)ccc4[nH]c3=O)c2)n(C)n1. The summed E-state index contributed by atoms with van der Waals surface area (Å²) in [5.41, 5.74) is 4.46. The largest absolute Gasteiger partial charge is 0.370 e. The minimum Gasteiger partial charge on any atom is -0.370 e. The van der Waals surface area contributed by atoms with Gasteiger partial charge in [-0.05, 0) is 61.2 Å². The first-order chi connectivity index (χ1) is 13.5. The number of nitrogens with one attached hydrogen (secondary N) is 2. The third-order valence-electron chi connectivity index (χ3n) is 4.64. The van der Waals surface area contributed by atoms with Crippen LogP contribution in [0, 0.1) is 6.92 Å². The van der Waals surface area contributed by atoms with Gasteiger partial charge in [0.2, 0.25) is 0 Å². The highest BCUT2D eigenvalue weighted by molar-refractivity contribution is 6.31. The van der Waals surface area contributed by atoms with E-state index in [4.69, 9.17) is 11.6 Å². The van der Waals surface area contributed by atoms with Gasteiger partial charge < -0.3 is 10.3 Å². The van der Waals surface area contributed by atoms with Crippen molar-refractivity contribution in [3.8, 4) is 11.3 Å². The summed E-state index contributed by atoms with van der Waals surface area (Å²) >= 11 is 6.05. The van der Waals surface area contributed by atoms with Crippen molar-refractivity contribution in [2.45, 2.75) is 13.3 Å². The van der Waals surface area contributed by atoms with Crippen LogP contribution in [-0.4, -0.2) is 26.3 Å². The summed E-state index contributed by atoms with van der Waals surface area (Å²) in [5, 5.41) is 9.26. The molecule has 0 fully saturated rings. The Morgan fingerprint density at radius 3 is 2.82 bits per heavy atom.